The van der Waals surface area contributed by atoms with Crippen LogP contribution in [0.4, 0.5) is 0 Å². The van der Waals surface area contributed by atoms with Gasteiger partial charge in [0.25, 0.3) is 0 Å². The summed E-state index contributed by atoms with van der Waals surface area (Å²) in [7, 11) is 0. The third-order valence-electron chi connectivity index (χ3n) is 7.69. The van der Waals surface area contributed by atoms with E-state index in [0.717, 1.165) is 35.5 Å². The second-order valence-electron chi connectivity index (χ2n) is 9.20. The van der Waals surface area contributed by atoms with E-state index < -0.39 is 0 Å². The van der Waals surface area contributed by atoms with Gasteiger partial charge in [-0.3, -0.25) is 0 Å². The average molecular weight is 333 g/mol. The predicted octanol–water partition coefficient (Wildman–Crippen LogP) is 8.03. The van der Waals surface area contributed by atoms with Gasteiger partial charge < -0.3 is 0 Å². The van der Waals surface area contributed by atoms with Crippen molar-refractivity contribution in [3.8, 4) is 0 Å². The molecule has 0 heterocycles. The van der Waals surface area contributed by atoms with Crippen molar-refractivity contribution in [2.45, 2.75) is 104 Å². The molecule has 0 aromatic carbocycles. The summed E-state index contributed by atoms with van der Waals surface area (Å²) in [5.41, 5.74) is 0. The molecule has 0 N–H and O–H groups in total. The lowest BCUT2D eigenvalue weighted by Gasteiger charge is -2.36. The highest BCUT2D eigenvalue weighted by atomic mass is 14.4. The van der Waals surface area contributed by atoms with Crippen LogP contribution in [0.15, 0.2) is 12.7 Å². The first kappa shape index (κ1) is 20.1. The van der Waals surface area contributed by atoms with Gasteiger partial charge in [-0.25, -0.2) is 0 Å². The minimum atomic E-state index is 0.756. The van der Waals surface area contributed by atoms with Gasteiger partial charge in [0, 0.05) is 0 Å². The molecule has 0 spiro atoms. The Bertz CT molecular complexity index is 344. The molecule has 6 atom stereocenters. The van der Waals surface area contributed by atoms with Crippen molar-refractivity contribution in [3.05, 3.63) is 12.7 Å². The van der Waals surface area contributed by atoms with Gasteiger partial charge in [0.2, 0.25) is 0 Å². The van der Waals surface area contributed by atoms with Crippen molar-refractivity contribution < 1.29 is 0 Å². The molecular formula is C24H44. The lowest BCUT2D eigenvalue weighted by molar-refractivity contribution is 0.136. The zero-order chi connectivity index (χ0) is 17.4. The molecule has 0 aliphatic heterocycles. The van der Waals surface area contributed by atoms with Gasteiger partial charge in [0.15, 0.2) is 0 Å². The smallest absolute Gasteiger partial charge is 0.0210 e. The third kappa shape index (κ3) is 5.63. The quantitative estimate of drug-likeness (QED) is 0.459. The zero-order valence-corrected chi connectivity index (χ0v) is 16.9. The Labute approximate surface area is 152 Å². The molecule has 0 nitrogen and oxygen atoms in total. The standard InChI is InChI=1S/C24H44/c1-5-21(6-2)22-14-12-16-24-19(3)13-10-8-7-9-11-15-23(24)20(4)17-18-22/h5,19-24H,1,6-18H2,2-4H3. The molecule has 0 aromatic rings. The summed E-state index contributed by atoms with van der Waals surface area (Å²) >= 11 is 0. The Morgan fingerprint density at radius 2 is 1.33 bits per heavy atom. The first-order valence-electron chi connectivity index (χ1n) is 11.3. The molecule has 2 aliphatic rings. The van der Waals surface area contributed by atoms with Crippen LogP contribution >= 0.6 is 0 Å². The van der Waals surface area contributed by atoms with Crippen molar-refractivity contribution in [1.29, 1.82) is 0 Å². The van der Waals surface area contributed by atoms with Crippen molar-refractivity contribution in [3.63, 3.8) is 0 Å². The van der Waals surface area contributed by atoms with Gasteiger partial charge >= 0.3 is 0 Å². The van der Waals surface area contributed by atoms with Gasteiger partial charge in [-0.1, -0.05) is 78.2 Å². The van der Waals surface area contributed by atoms with Gasteiger partial charge in [0.1, 0.15) is 0 Å². The SMILES string of the molecule is C=CC(CC)C1CCCC2C(C)CCCCCCCC2C(C)CC1. The van der Waals surface area contributed by atoms with Gasteiger partial charge in [-0.2, -0.15) is 0 Å². The lowest BCUT2D eigenvalue weighted by atomic mass is 9.69. The van der Waals surface area contributed by atoms with Gasteiger partial charge in [-0.05, 0) is 67.6 Å². The summed E-state index contributed by atoms with van der Waals surface area (Å²) in [4.78, 5) is 0. The van der Waals surface area contributed by atoms with Crippen LogP contribution < -0.4 is 0 Å². The number of hydrogen-bond acceptors (Lipinski definition) is 0. The van der Waals surface area contributed by atoms with Crippen molar-refractivity contribution in [2.75, 3.05) is 0 Å². The molecule has 2 saturated carbocycles. The molecule has 140 valence electrons. The number of allylic oxidation sites excluding steroid dienone is 1. The molecule has 0 saturated heterocycles. The topological polar surface area (TPSA) is 0 Å². The highest BCUT2D eigenvalue weighted by molar-refractivity contribution is 4.87. The van der Waals surface area contributed by atoms with Crippen LogP contribution in [-0.4, -0.2) is 0 Å². The third-order valence-corrected chi connectivity index (χ3v) is 7.69. The number of rotatable bonds is 3. The van der Waals surface area contributed by atoms with Crippen LogP contribution in [0, 0.1) is 35.5 Å². The van der Waals surface area contributed by atoms with Crippen LogP contribution in [0.3, 0.4) is 0 Å². The van der Waals surface area contributed by atoms with E-state index in [-0.39, 0.29) is 0 Å². The van der Waals surface area contributed by atoms with Crippen LogP contribution in [0.5, 0.6) is 0 Å². The fourth-order valence-corrected chi connectivity index (χ4v) is 6.00. The summed E-state index contributed by atoms with van der Waals surface area (Å²) in [6.07, 6.45) is 21.3. The first-order chi connectivity index (χ1) is 11.7. The van der Waals surface area contributed by atoms with E-state index in [0.29, 0.717) is 0 Å². The molecule has 0 heteroatoms. The minimum Gasteiger partial charge on any atom is -0.103 e. The first-order valence-corrected chi connectivity index (χ1v) is 11.3. The molecular weight excluding hydrogens is 288 g/mol. The average Bonchev–Trinajstić information content (AvgIpc) is 2.66. The maximum atomic E-state index is 4.13. The highest BCUT2D eigenvalue weighted by Gasteiger charge is 2.32. The number of hydrogen-bond donors (Lipinski definition) is 0. The second kappa shape index (κ2) is 10.7. The monoisotopic (exact) mass is 332 g/mol. The molecule has 2 aliphatic carbocycles. The van der Waals surface area contributed by atoms with E-state index in [1.807, 2.05) is 0 Å². The van der Waals surface area contributed by atoms with E-state index in [2.05, 4.69) is 33.4 Å². The fourth-order valence-electron chi connectivity index (χ4n) is 6.00. The summed E-state index contributed by atoms with van der Waals surface area (Å²) in [6, 6.07) is 0. The molecule has 2 rings (SSSR count). The summed E-state index contributed by atoms with van der Waals surface area (Å²) < 4.78 is 0. The Balaban J connectivity index is 2.09. The molecule has 2 fully saturated rings. The normalized spacial score (nSPS) is 38.0. The van der Waals surface area contributed by atoms with Crippen molar-refractivity contribution in [2.24, 2.45) is 35.5 Å². The molecule has 0 radical (unpaired) electrons. The molecule has 0 amide bonds. The maximum Gasteiger partial charge on any atom is -0.0210 e. The van der Waals surface area contributed by atoms with Crippen molar-refractivity contribution >= 4 is 0 Å². The van der Waals surface area contributed by atoms with Gasteiger partial charge in [-0.15, -0.1) is 6.58 Å². The Morgan fingerprint density at radius 1 is 0.750 bits per heavy atom. The zero-order valence-electron chi connectivity index (χ0n) is 16.9. The largest absolute Gasteiger partial charge is 0.103 e. The maximum absolute atomic E-state index is 4.13. The lowest BCUT2D eigenvalue weighted by Crippen LogP contribution is -2.27. The van der Waals surface area contributed by atoms with E-state index >= 15 is 0 Å². The van der Waals surface area contributed by atoms with E-state index in [9.17, 15) is 0 Å². The molecule has 0 bridgehead atoms. The molecule has 6 unspecified atom stereocenters. The minimum absolute atomic E-state index is 0.756. The Kier molecular flexibility index (Phi) is 8.92. The fraction of sp³-hybridized carbons (Fsp3) is 0.917. The highest BCUT2D eigenvalue weighted by Crippen LogP contribution is 2.43. The summed E-state index contributed by atoms with van der Waals surface area (Å²) in [6.45, 7) is 11.7. The predicted molar refractivity (Wildman–Crippen MR) is 108 cm³/mol. The Hall–Kier alpha value is -0.260. The Morgan fingerprint density at radius 3 is 2.00 bits per heavy atom. The van der Waals surface area contributed by atoms with Crippen LogP contribution in [0.25, 0.3) is 0 Å². The second-order valence-corrected chi connectivity index (χ2v) is 9.20. The van der Waals surface area contributed by atoms with E-state index in [1.54, 1.807) is 0 Å². The van der Waals surface area contributed by atoms with E-state index in [4.69, 9.17) is 0 Å². The summed E-state index contributed by atoms with van der Waals surface area (Å²) in [5.74, 6) is 5.54. The van der Waals surface area contributed by atoms with Gasteiger partial charge in [0.05, 0.1) is 0 Å². The molecule has 0 aromatic heterocycles. The van der Waals surface area contributed by atoms with Crippen LogP contribution in [0.1, 0.15) is 104 Å². The molecule has 24 heavy (non-hydrogen) atoms. The van der Waals surface area contributed by atoms with Crippen LogP contribution in [0.2, 0.25) is 0 Å². The summed E-state index contributed by atoms with van der Waals surface area (Å²) in [5, 5.41) is 0. The van der Waals surface area contributed by atoms with Crippen LogP contribution in [-0.2, 0) is 0 Å². The van der Waals surface area contributed by atoms with E-state index in [1.165, 1.54) is 83.5 Å². The number of fused-ring (bicyclic) bond motifs is 1. The van der Waals surface area contributed by atoms with Crippen molar-refractivity contribution in [1.82, 2.24) is 0 Å².